The van der Waals surface area contributed by atoms with Gasteiger partial charge in [0.15, 0.2) is 5.16 Å². The SMILES string of the molecule is CCCC(CCCC(N)=O)c1nnc(SCc2cccc(C)c2)n1CCc1ccccc1. The molecule has 1 atom stereocenters. The second-order valence-electron chi connectivity index (χ2n) is 8.35. The van der Waals surface area contributed by atoms with Gasteiger partial charge in [-0.25, -0.2) is 0 Å². The summed E-state index contributed by atoms with van der Waals surface area (Å²) in [6.07, 6.45) is 5.15. The number of primary amides is 1. The van der Waals surface area contributed by atoms with E-state index in [2.05, 4.69) is 77.1 Å². The zero-order chi connectivity index (χ0) is 22.8. The molecule has 0 radical (unpaired) electrons. The van der Waals surface area contributed by atoms with Gasteiger partial charge in [0, 0.05) is 24.6 Å². The number of aromatic nitrogens is 3. The van der Waals surface area contributed by atoms with Crippen molar-refractivity contribution in [1.82, 2.24) is 14.8 Å². The molecular formula is C26H34N4OS. The van der Waals surface area contributed by atoms with Crippen LogP contribution in [-0.4, -0.2) is 20.7 Å². The molecule has 6 heteroatoms. The Morgan fingerprint density at radius 1 is 1.06 bits per heavy atom. The lowest BCUT2D eigenvalue weighted by Crippen LogP contribution is -2.14. The molecule has 1 unspecified atom stereocenters. The second kappa shape index (κ2) is 12.4. The summed E-state index contributed by atoms with van der Waals surface area (Å²) in [5.41, 5.74) is 9.24. The minimum atomic E-state index is -0.236. The van der Waals surface area contributed by atoms with Gasteiger partial charge < -0.3 is 10.3 Å². The number of carbonyl (C=O) groups is 1. The predicted octanol–water partition coefficient (Wildman–Crippen LogP) is 5.66. The molecule has 0 aliphatic heterocycles. The van der Waals surface area contributed by atoms with Crippen LogP contribution < -0.4 is 5.73 Å². The molecule has 170 valence electrons. The van der Waals surface area contributed by atoms with Crippen LogP contribution >= 0.6 is 11.8 Å². The van der Waals surface area contributed by atoms with Crippen LogP contribution in [0.15, 0.2) is 59.8 Å². The first-order valence-corrected chi connectivity index (χ1v) is 12.5. The van der Waals surface area contributed by atoms with Crippen LogP contribution in [0.3, 0.4) is 0 Å². The van der Waals surface area contributed by atoms with Crippen LogP contribution in [0.4, 0.5) is 0 Å². The molecule has 1 amide bonds. The van der Waals surface area contributed by atoms with Gasteiger partial charge in [-0.05, 0) is 43.7 Å². The molecular weight excluding hydrogens is 416 g/mol. The molecule has 32 heavy (non-hydrogen) atoms. The second-order valence-corrected chi connectivity index (χ2v) is 9.29. The Hall–Kier alpha value is -2.60. The van der Waals surface area contributed by atoms with Crippen molar-refractivity contribution in [2.45, 2.75) is 75.7 Å². The number of nitrogens with two attached hydrogens (primary N) is 1. The standard InChI is InChI=1S/C26H34N4OS/c1-3-9-23(14-8-15-24(27)31)25-28-29-26(32-19-22-13-7-10-20(2)18-22)30(25)17-16-21-11-5-4-6-12-21/h4-7,10-13,18,23H,3,8-9,14-17,19H2,1-2H3,(H2,27,31). The molecule has 0 spiro atoms. The van der Waals surface area contributed by atoms with Crippen LogP contribution in [-0.2, 0) is 23.5 Å². The molecule has 1 heterocycles. The lowest BCUT2D eigenvalue weighted by molar-refractivity contribution is -0.118. The molecule has 0 saturated carbocycles. The van der Waals surface area contributed by atoms with Gasteiger partial charge >= 0.3 is 0 Å². The Balaban J connectivity index is 1.80. The van der Waals surface area contributed by atoms with Crippen LogP contribution in [0.1, 0.15) is 67.5 Å². The maximum absolute atomic E-state index is 11.2. The number of carbonyl (C=O) groups excluding carboxylic acids is 1. The zero-order valence-electron chi connectivity index (χ0n) is 19.2. The van der Waals surface area contributed by atoms with Crippen LogP contribution in [0, 0.1) is 6.92 Å². The summed E-state index contributed by atoms with van der Waals surface area (Å²) in [7, 11) is 0. The van der Waals surface area contributed by atoms with E-state index in [9.17, 15) is 4.79 Å². The minimum Gasteiger partial charge on any atom is -0.370 e. The first-order valence-electron chi connectivity index (χ1n) is 11.5. The Morgan fingerprint density at radius 2 is 1.84 bits per heavy atom. The van der Waals surface area contributed by atoms with Gasteiger partial charge in [-0.15, -0.1) is 10.2 Å². The largest absolute Gasteiger partial charge is 0.370 e. The first kappa shape index (κ1) is 24.1. The van der Waals surface area contributed by atoms with Gasteiger partial charge in [-0.1, -0.05) is 85.3 Å². The average molecular weight is 451 g/mol. The number of thioether (sulfide) groups is 1. The van der Waals surface area contributed by atoms with Crippen molar-refractivity contribution in [3.63, 3.8) is 0 Å². The third-order valence-corrected chi connectivity index (χ3v) is 6.68. The minimum absolute atomic E-state index is 0.236. The van der Waals surface area contributed by atoms with E-state index in [1.54, 1.807) is 11.8 Å². The van der Waals surface area contributed by atoms with Gasteiger partial charge in [0.25, 0.3) is 0 Å². The Kier molecular flexibility index (Phi) is 9.35. The summed E-state index contributed by atoms with van der Waals surface area (Å²) < 4.78 is 2.30. The van der Waals surface area contributed by atoms with Gasteiger partial charge in [0.1, 0.15) is 5.82 Å². The summed E-state index contributed by atoms with van der Waals surface area (Å²) >= 11 is 1.74. The van der Waals surface area contributed by atoms with Crippen molar-refractivity contribution >= 4 is 17.7 Å². The summed E-state index contributed by atoms with van der Waals surface area (Å²) in [5, 5.41) is 10.2. The number of amides is 1. The van der Waals surface area contributed by atoms with Gasteiger partial charge in [0.2, 0.25) is 5.91 Å². The van der Waals surface area contributed by atoms with Crippen molar-refractivity contribution in [3.05, 3.63) is 77.1 Å². The fraction of sp³-hybridized carbons (Fsp3) is 0.423. The molecule has 1 aromatic heterocycles. The highest BCUT2D eigenvalue weighted by Gasteiger charge is 2.21. The molecule has 0 aliphatic rings. The normalized spacial score (nSPS) is 12.1. The van der Waals surface area contributed by atoms with Gasteiger partial charge in [-0.3, -0.25) is 4.79 Å². The summed E-state index contributed by atoms with van der Waals surface area (Å²) in [6, 6.07) is 19.2. The molecule has 2 aromatic carbocycles. The number of benzene rings is 2. The maximum Gasteiger partial charge on any atom is 0.217 e. The van der Waals surface area contributed by atoms with Crippen LogP contribution in [0.5, 0.6) is 0 Å². The molecule has 3 aromatic rings. The Labute approximate surface area is 195 Å². The van der Waals surface area contributed by atoms with Gasteiger partial charge in [0.05, 0.1) is 0 Å². The topological polar surface area (TPSA) is 73.8 Å². The number of rotatable bonds is 13. The van der Waals surface area contributed by atoms with E-state index in [0.29, 0.717) is 6.42 Å². The average Bonchev–Trinajstić information content (AvgIpc) is 3.19. The molecule has 0 bridgehead atoms. The summed E-state index contributed by atoms with van der Waals surface area (Å²) in [4.78, 5) is 11.2. The zero-order valence-corrected chi connectivity index (χ0v) is 20.0. The molecule has 0 aliphatic carbocycles. The van der Waals surface area contributed by atoms with E-state index in [1.807, 2.05) is 6.07 Å². The highest BCUT2D eigenvalue weighted by Crippen LogP contribution is 2.30. The fourth-order valence-electron chi connectivity index (χ4n) is 4.03. The van der Waals surface area contributed by atoms with E-state index in [-0.39, 0.29) is 11.8 Å². The number of hydrogen-bond donors (Lipinski definition) is 1. The lowest BCUT2D eigenvalue weighted by Gasteiger charge is -2.18. The third-order valence-electron chi connectivity index (χ3n) is 5.64. The maximum atomic E-state index is 11.2. The van der Waals surface area contributed by atoms with Crippen molar-refractivity contribution < 1.29 is 4.79 Å². The highest BCUT2D eigenvalue weighted by atomic mass is 32.2. The smallest absolute Gasteiger partial charge is 0.217 e. The Morgan fingerprint density at radius 3 is 2.56 bits per heavy atom. The van der Waals surface area contributed by atoms with E-state index in [0.717, 1.165) is 55.4 Å². The Bertz CT molecular complexity index is 987. The number of nitrogens with zero attached hydrogens (tertiary/aromatic N) is 3. The molecule has 0 fully saturated rings. The quantitative estimate of drug-likeness (QED) is 0.341. The van der Waals surface area contributed by atoms with E-state index in [4.69, 9.17) is 5.73 Å². The van der Waals surface area contributed by atoms with Crippen LogP contribution in [0.25, 0.3) is 0 Å². The van der Waals surface area contributed by atoms with Gasteiger partial charge in [-0.2, -0.15) is 0 Å². The van der Waals surface area contributed by atoms with Crippen molar-refractivity contribution in [3.8, 4) is 0 Å². The molecule has 2 N–H and O–H groups in total. The molecule has 0 saturated heterocycles. The third kappa shape index (κ3) is 7.23. The highest BCUT2D eigenvalue weighted by molar-refractivity contribution is 7.98. The van der Waals surface area contributed by atoms with Crippen molar-refractivity contribution in [2.75, 3.05) is 0 Å². The fourth-order valence-corrected chi connectivity index (χ4v) is 4.94. The van der Waals surface area contributed by atoms with Crippen LogP contribution in [0.2, 0.25) is 0 Å². The number of aryl methyl sites for hydroxylation is 2. The van der Waals surface area contributed by atoms with Crippen molar-refractivity contribution in [2.24, 2.45) is 5.73 Å². The summed E-state index contributed by atoms with van der Waals surface area (Å²) in [5.74, 6) is 1.96. The van der Waals surface area contributed by atoms with E-state index < -0.39 is 0 Å². The molecule has 3 rings (SSSR count). The van der Waals surface area contributed by atoms with E-state index in [1.165, 1.54) is 16.7 Å². The van der Waals surface area contributed by atoms with E-state index >= 15 is 0 Å². The van der Waals surface area contributed by atoms with Crippen molar-refractivity contribution in [1.29, 1.82) is 0 Å². The summed E-state index contributed by atoms with van der Waals surface area (Å²) in [6.45, 7) is 5.16. The lowest BCUT2D eigenvalue weighted by atomic mass is 9.96. The monoisotopic (exact) mass is 450 g/mol. The first-order chi connectivity index (χ1) is 15.6. The predicted molar refractivity (Wildman–Crippen MR) is 132 cm³/mol. The molecule has 5 nitrogen and oxygen atoms in total. The number of hydrogen-bond acceptors (Lipinski definition) is 4.